The van der Waals surface area contributed by atoms with Crippen LogP contribution < -0.4 is 14.4 Å². The van der Waals surface area contributed by atoms with Gasteiger partial charge in [-0.2, -0.15) is 0 Å². The molecule has 53 heavy (non-hydrogen) atoms. The van der Waals surface area contributed by atoms with Gasteiger partial charge in [-0.15, -0.1) is 0 Å². The Kier molecular flexibility index (Phi) is 12.1. The normalized spacial score (nSPS) is 31.0. The average molecular weight is 769 g/mol. The molecule has 2 bridgehead atoms. The molecule has 12 heteroatoms. The second kappa shape index (κ2) is 16.6. The summed E-state index contributed by atoms with van der Waals surface area (Å²) in [4.78, 5) is 21.1. The zero-order valence-electron chi connectivity index (χ0n) is 31.6. The van der Waals surface area contributed by atoms with Crippen LogP contribution in [0.2, 0.25) is 5.02 Å². The lowest BCUT2D eigenvalue weighted by molar-refractivity contribution is -0.0978. The number of anilines is 1. The number of ether oxygens (including phenoxy) is 3. The van der Waals surface area contributed by atoms with Crippen LogP contribution in [0.15, 0.2) is 48.6 Å². The first kappa shape index (κ1) is 38.6. The second-order valence-corrected chi connectivity index (χ2v) is 18.6. The third kappa shape index (κ3) is 8.76. The summed E-state index contributed by atoms with van der Waals surface area (Å²) in [7, 11) is -2.10. The maximum Gasteiger partial charge on any atom is 0.264 e. The van der Waals surface area contributed by atoms with E-state index >= 15 is 0 Å². The molecule has 1 N–H and O–H groups in total. The molecule has 0 radical (unpaired) electrons. The van der Waals surface area contributed by atoms with Gasteiger partial charge in [0.15, 0.2) is 0 Å². The van der Waals surface area contributed by atoms with E-state index in [-0.39, 0.29) is 11.8 Å². The van der Waals surface area contributed by atoms with Crippen LogP contribution >= 0.6 is 11.6 Å². The van der Waals surface area contributed by atoms with Crippen LogP contribution in [0, 0.1) is 23.7 Å². The molecule has 2 saturated heterocycles. The number of allylic oxidation sites excluding steroid dienone is 1. The SMILES string of the molecule is CO[C@@]1(CN2CCN(CC3COC3)CC2)/C=C/C[C@H](C)[C@@H](C)S(=O)(=O)NC(=O)c2ccc3c(c2)N(CCCCc2cc(Cl)ccc2CO3)C[C@@H]2CC[C@H]21. The monoisotopic (exact) mass is 768 g/mol. The lowest BCUT2D eigenvalue weighted by Crippen LogP contribution is -2.59. The molecule has 0 spiro atoms. The molecule has 7 rings (SSSR count). The number of amides is 1. The van der Waals surface area contributed by atoms with Gasteiger partial charge in [-0.25, -0.2) is 13.1 Å². The summed E-state index contributed by atoms with van der Waals surface area (Å²) in [6.07, 6.45) is 9.92. The molecule has 2 aromatic rings. The van der Waals surface area contributed by atoms with Crippen molar-refractivity contribution in [1.82, 2.24) is 14.5 Å². The number of hydrogen-bond acceptors (Lipinski definition) is 9. The van der Waals surface area contributed by atoms with E-state index < -0.39 is 26.8 Å². The molecule has 5 aliphatic rings. The van der Waals surface area contributed by atoms with Gasteiger partial charge in [0.2, 0.25) is 10.0 Å². The smallest absolute Gasteiger partial charge is 0.264 e. The van der Waals surface area contributed by atoms with E-state index in [0.717, 1.165) is 114 Å². The zero-order chi connectivity index (χ0) is 37.2. The molecule has 290 valence electrons. The Balaban J connectivity index is 1.21. The predicted octanol–water partition coefficient (Wildman–Crippen LogP) is 5.78. The van der Waals surface area contributed by atoms with Crippen LogP contribution in [0.1, 0.15) is 67.4 Å². The van der Waals surface area contributed by atoms with Gasteiger partial charge in [0, 0.05) is 76.0 Å². The molecule has 1 aliphatic carbocycles. The summed E-state index contributed by atoms with van der Waals surface area (Å²) < 4.78 is 48.2. The average Bonchev–Trinajstić information content (AvgIpc) is 3.14. The molecule has 0 aromatic heterocycles. The largest absolute Gasteiger partial charge is 0.487 e. The number of halogens is 1. The predicted molar refractivity (Wildman–Crippen MR) is 209 cm³/mol. The maximum atomic E-state index is 13.6. The summed E-state index contributed by atoms with van der Waals surface area (Å²) >= 11 is 6.41. The van der Waals surface area contributed by atoms with Gasteiger partial charge >= 0.3 is 0 Å². The Morgan fingerprint density at radius 2 is 1.77 bits per heavy atom. The van der Waals surface area contributed by atoms with Crippen LogP contribution in [-0.4, -0.2) is 108 Å². The van der Waals surface area contributed by atoms with Gasteiger partial charge in [-0.05, 0) is 105 Å². The fourth-order valence-corrected chi connectivity index (χ4v) is 10.3. The minimum atomic E-state index is -3.95. The zero-order valence-corrected chi connectivity index (χ0v) is 33.2. The molecular formula is C41H57ClN4O6S. The summed E-state index contributed by atoms with van der Waals surface area (Å²) in [5.41, 5.74) is 2.88. The quantitative estimate of drug-likeness (QED) is 0.380. The van der Waals surface area contributed by atoms with Crippen molar-refractivity contribution in [3.63, 3.8) is 0 Å². The molecule has 3 fully saturated rings. The van der Waals surface area contributed by atoms with Crippen molar-refractivity contribution in [2.45, 2.75) is 69.8 Å². The highest BCUT2D eigenvalue weighted by Crippen LogP contribution is 2.47. The fourth-order valence-electron chi connectivity index (χ4n) is 8.87. The molecule has 1 amide bonds. The van der Waals surface area contributed by atoms with Gasteiger partial charge in [-0.1, -0.05) is 36.7 Å². The topological polar surface area (TPSA) is 101 Å². The molecule has 4 aliphatic heterocycles. The second-order valence-electron chi connectivity index (χ2n) is 16.2. The Morgan fingerprint density at radius 3 is 2.49 bits per heavy atom. The number of fused-ring (bicyclic) bond motifs is 3. The van der Waals surface area contributed by atoms with Crippen molar-refractivity contribution in [2.75, 3.05) is 77.6 Å². The third-order valence-corrected chi connectivity index (χ3v) is 14.9. The van der Waals surface area contributed by atoms with E-state index in [9.17, 15) is 13.2 Å². The van der Waals surface area contributed by atoms with E-state index in [2.05, 4.69) is 31.6 Å². The van der Waals surface area contributed by atoms with Crippen molar-refractivity contribution < 1.29 is 27.4 Å². The molecule has 2 aromatic carbocycles. The standard InChI is InChI=1S/C41H57ClN4O6S/c1-29-7-6-15-41(50-3,28-45-19-17-44(18-20-45)23-31-25-51-26-31)37-13-10-34(37)24-46-16-5-4-8-32-21-36(42)12-9-35(32)27-52-39-14-11-33(22-38(39)46)40(47)43-53(48,49)30(29)2/h6,9,11-12,14-15,21-22,29-31,34,37H,4-5,7-8,10,13,16-20,23-28H2,1-3H3,(H,43,47)/b15-6+/t29-,30+,34-,37+,41+/m0/s1. The number of sulfonamides is 1. The Hall–Kier alpha value is -2.67. The number of nitrogens with one attached hydrogen (secondary N) is 1. The van der Waals surface area contributed by atoms with Gasteiger partial charge in [0.05, 0.1) is 24.2 Å². The van der Waals surface area contributed by atoms with Crippen molar-refractivity contribution in [1.29, 1.82) is 0 Å². The maximum absolute atomic E-state index is 13.6. The molecule has 0 unspecified atom stereocenters. The molecule has 5 atom stereocenters. The fraction of sp³-hybridized carbons (Fsp3) is 0.634. The number of hydrogen-bond donors (Lipinski definition) is 1. The minimum absolute atomic E-state index is 0.218. The number of benzene rings is 2. The summed E-state index contributed by atoms with van der Waals surface area (Å²) in [5.74, 6) is 1.13. The van der Waals surface area contributed by atoms with Crippen LogP contribution in [0.3, 0.4) is 0 Å². The molecule has 1 saturated carbocycles. The number of carbonyl (C=O) groups is 1. The van der Waals surface area contributed by atoms with Crippen molar-refractivity contribution in [3.8, 4) is 5.75 Å². The highest BCUT2D eigenvalue weighted by atomic mass is 35.5. The third-order valence-electron chi connectivity index (χ3n) is 12.7. The van der Waals surface area contributed by atoms with E-state index in [4.69, 9.17) is 25.8 Å². The van der Waals surface area contributed by atoms with Gasteiger partial charge in [-0.3, -0.25) is 9.69 Å². The van der Waals surface area contributed by atoms with Crippen LogP contribution in [0.4, 0.5) is 5.69 Å². The van der Waals surface area contributed by atoms with E-state index in [1.165, 1.54) is 5.56 Å². The Morgan fingerprint density at radius 1 is 0.981 bits per heavy atom. The summed E-state index contributed by atoms with van der Waals surface area (Å²) in [6, 6.07) is 11.3. The van der Waals surface area contributed by atoms with Crippen molar-refractivity contribution >= 4 is 33.2 Å². The Labute approximate surface area is 321 Å². The lowest BCUT2D eigenvalue weighted by atomic mass is 9.63. The number of rotatable bonds is 5. The minimum Gasteiger partial charge on any atom is -0.487 e. The number of methoxy groups -OCH3 is 1. The van der Waals surface area contributed by atoms with E-state index in [1.54, 1.807) is 13.0 Å². The van der Waals surface area contributed by atoms with Crippen LogP contribution in [0.25, 0.3) is 0 Å². The number of piperazine rings is 1. The summed E-state index contributed by atoms with van der Waals surface area (Å²) in [6.45, 7) is 13.3. The van der Waals surface area contributed by atoms with Gasteiger partial charge in [0.25, 0.3) is 5.91 Å². The highest BCUT2D eigenvalue weighted by molar-refractivity contribution is 7.90. The van der Waals surface area contributed by atoms with Gasteiger partial charge < -0.3 is 24.0 Å². The van der Waals surface area contributed by atoms with E-state index in [1.807, 2.05) is 44.4 Å². The number of aryl methyl sites for hydroxylation is 1. The summed E-state index contributed by atoms with van der Waals surface area (Å²) in [5, 5.41) is -0.0587. The van der Waals surface area contributed by atoms with E-state index in [0.29, 0.717) is 36.2 Å². The molecule has 4 heterocycles. The van der Waals surface area contributed by atoms with Crippen LogP contribution in [-0.2, 0) is 32.5 Å². The lowest BCUT2D eigenvalue weighted by Gasteiger charge is -2.52. The number of carbonyl (C=O) groups excluding carboxylic acids is 1. The van der Waals surface area contributed by atoms with Crippen molar-refractivity contribution in [3.05, 3.63) is 70.3 Å². The van der Waals surface area contributed by atoms with Crippen molar-refractivity contribution in [2.24, 2.45) is 23.7 Å². The molecular weight excluding hydrogens is 712 g/mol. The highest BCUT2D eigenvalue weighted by Gasteiger charge is 2.48. The first-order valence-corrected chi connectivity index (χ1v) is 21.6. The first-order valence-electron chi connectivity index (χ1n) is 19.6. The Bertz CT molecular complexity index is 1750. The van der Waals surface area contributed by atoms with Gasteiger partial charge in [0.1, 0.15) is 18.0 Å². The first-order chi connectivity index (χ1) is 25.5. The molecule has 10 nitrogen and oxygen atoms in total. The number of nitrogens with zero attached hydrogens (tertiary/aromatic N) is 3. The van der Waals surface area contributed by atoms with Crippen LogP contribution in [0.5, 0.6) is 5.75 Å².